The topological polar surface area (TPSA) is 63.9 Å². The van der Waals surface area contributed by atoms with E-state index in [1.54, 1.807) is 6.20 Å². The van der Waals surface area contributed by atoms with Crippen molar-refractivity contribution in [3.8, 4) is 11.3 Å². The number of unbranched alkanes of at least 4 members (excludes halogenated alkanes) is 1. The van der Waals surface area contributed by atoms with E-state index < -0.39 is 0 Å². The fourth-order valence-electron chi connectivity index (χ4n) is 4.39. The lowest BCUT2D eigenvalue weighted by Crippen LogP contribution is -2.13. The van der Waals surface area contributed by atoms with Crippen LogP contribution in [0.3, 0.4) is 0 Å². The number of pyridine rings is 2. The Kier molecular flexibility index (Phi) is 7.07. The van der Waals surface area contributed by atoms with E-state index in [4.69, 9.17) is 16.6 Å². The molecule has 2 aromatic carbocycles. The summed E-state index contributed by atoms with van der Waals surface area (Å²) in [5.41, 5.74) is 5.99. The number of halogens is 1. The van der Waals surface area contributed by atoms with E-state index in [-0.39, 0.29) is 5.78 Å². The lowest BCUT2D eigenvalue weighted by Gasteiger charge is -2.10. The summed E-state index contributed by atoms with van der Waals surface area (Å²) in [7, 11) is 4.08. The molecule has 6 nitrogen and oxygen atoms in total. The van der Waals surface area contributed by atoms with Crippen LogP contribution < -0.4 is 0 Å². The highest BCUT2D eigenvalue weighted by Gasteiger charge is 2.13. The van der Waals surface area contributed by atoms with Crippen LogP contribution in [-0.4, -0.2) is 50.8 Å². The van der Waals surface area contributed by atoms with Crippen LogP contribution in [0, 0.1) is 0 Å². The van der Waals surface area contributed by atoms with Crippen molar-refractivity contribution in [2.24, 2.45) is 0 Å². The van der Waals surface area contributed by atoms with Crippen molar-refractivity contribution in [2.75, 3.05) is 20.6 Å². The molecule has 0 aliphatic carbocycles. The Labute approximate surface area is 215 Å². The van der Waals surface area contributed by atoms with Gasteiger partial charge in [-0.1, -0.05) is 29.8 Å². The number of nitrogens with zero attached hydrogens (tertiary/aromatic N) is 5. The average Bonchev–Trinajstić information content (AvgIpc) is 3.28. The van der Waals surface area contributed by atoms with Gasteiger partial charge in [-0.15, -0.1) is 0 Å². The number of imidazole rings is 1. The molecule has 0 unspecified atom stereocenters. The first-order valence-corrected chi connectivity index (χ1v) is 12.5. The van der Waals surface area contributed by atoms with Crippen LogP contribution in [0.4, 0.5) is 0 Å². The van der Waals surface area contributed by atoms with Crippen LogP contribution in [0.1, 0.15) is 35.2 Å². The molecular formula is C29H28ClN5O. The molecule has 3 heterocycles. The monoisotopic (exact) mass is 497 g/mol. The minimum absolute atomic E-state index is 0.0809. The van der Waals surface area contributed by atoms with Gasteiger partial charge in [0.1, 0.15) is 5.52 Å². The summed E-state index contributed by atoms with van der Waals surface area (Å²) >= 11 is 6.54. The van der Waals surface area contributed by atoms with Gasteiger partial charge in [0.2, 0.25) is 0 Å². The first-order valence-electron chi connectivity index (χ1n) is 12.1. The normalized spacial score (nSPS) is 11.6. The molecular weight excluding hydrogens is 470 g/mol. The molecule has 0 N–H and O–H groups in total. The SMILES string of the molecule is CN(C)CCCCC(=O)c1ccc(-c2ccc3ncn(Cc4ccc5ncccc5c4)c3n2)cc1Cl. The number of benzene rings is 2. The van der Waals surface area contributed by atoms with E-state index in [1.807, 2.05) is 67.5 Å². The zero-order chi connectivity index (χ0) is 25.1. The van der Waals surface area contributed by atoms with Crippen LogP contribution >= 0.6 is 11.6 Å². The highest BCUT2D eigenvalue weighted by molar-refractivity contribution is 6.34. The Bertz CT molecular complexity index is 1540. The molecule has 36 heavy (non-hydrogen) atoms. The molecule has 0 radical (unpaired) electrons. The van der Waals surface area contributed by atoms with Crippen LogP contribution in [0.2, 0.25) is 5.02 Å². The van der Waals surface area contributed by atoms with Crippen molar-refractivity contribution in [2.45, 2.75) is 25.8 Å². The quantitative estimate of drug-likeness (QED) is 0.177. The molecule has 0 aliphatic heterocycles. The van der Waals surface area contributed by atoms with Crippen molar-refractivity contribution in [1.29, 1.82) is 0 Å². The van der Waals surface area contributed by atoms with Crippen LogP contribution in [0.5, 0.6) is 0 Å². The van der Waals surface area contributed by atoms with Crippen molar-refractivity contribution in [3.63, 3.8) is 0 Å². The highest BCUT2D eigenvalue weighted by atomic mass is 35.5. The van der Waals surface area contributed by atoms with E-state index in [0.29, 0.717) is 23.6 Å². The molecule has 0 amide bonds. The maximum atomic E-state index is 12.7. The Balaban J connectivity index is 1.36. The fourth-order valence-corrected chi connectivity index (χ4v) is 4.67. The molecule has 5 rings (SSSR count). The molecule has 0 atom stereocenters. The van der Waals surface area contributed by atoms with Gasteiger partial charge in [-0.3, -0.25) is 9.78 Å². The Hall–Kier alpha value is -3.61. The summed E-state index contributed by atoms with van der Waals surface area (Å²) in [6.07, 6.45) is 5.96. The molecule has 7 heteroatoms. The summed E-state index contributed by atoms with van der Waals surface area (Å²) < 4.78 is 2.05. The smallest absolute Gasteiger partial charge is 0.164 e. The number of ketones is 1. The van der Waals surface area contributed by atoms with Gasteiger partial charge in [-0.05, 0) is 81.5 Å². The molecule has 182 valence electrons. The zero-order valence-electron chi connectivity index (χ0n) is 20.5. The van der Waals surface area contributed by atoms with E-state index in [2.05, 4.69) is 33.1 Å². The first-order chi connectivity index (χ1) is 17.5. The summed E-state index contributed by atoms with van der Waals surface area (Å²) in [5.74, 6) is 0.0809. The second-order valence-corrected chi connectivity index (χ2v) is 9.73. The van der Waals surface area contributed by atoms with E-state index in [1.165, 1.54) is 0 Å². The number of rotatable bonds is 9. The van der Waals surface area contributed by atoms with Gasteiger partial charge in [-0.2, -0.15) is 0 Å². The summed E-state index contributed by atoms with van der Waals surface area (Å²) in [4.78, 5) is 28.6. The molecule has 5 aromatic rings. The number of fused-ring (bicyclic) bond motifs is 2. The number of carbonyl (C=O) groups excluding carboxylic acids is 1. The number of hydrogen-bond donors (Lipinski definition) is 0. The maximum Gasteiger partial charge on any atom is 0.164 e. The predicted octanol–water partition coefficient (Wildman–Crippen LogP) is 6.26. The van der Waals surface area contributed by atoms with Crippen molar-refractivity contribution < 1.29 is 4.79 Å². The average molecular weight is 498 g/mol. The lowest BCUT2D eigenvalue weighted by molar-refractivity contribution is 0.0978. The molecule has 0 spiro atoms. The van der Waals surface area contributed by atoms with Gasteiger partial charge in [0.15, 0.2) is 11.4 Å². The Morgan fingerprint density at radius 2 is 1.83 bits per heavy atom. The van der Waals surface area contributed by atoms with Gasteiger partial charge in [-0.25, -0.2) is 9.97 Å². The van der Waals surface area contributed by atoms with E-state index in [0.717, 1.165) is 58.3 Å². The maximum absolute atomic E-state index is 12.7. The fraction of sp³-hybridized carbons (Fsp3) is 0.241. The third kappa shape index (κ3) is 5.30. The van der Waals surface area contributed by atoms with E-state index in [9.17, 15) is 4.79 Å². The second kappa shape index (κ2) is 10.6. The van der Waals surface area contributed by atoms with Gasteiger partial charge < -0.3 is 9.47 Å². The summed E-state index contributed by atoms with van der Waals surface area (Å²) in [6, 6.07) is 19.8. The standard InChI is InChI=1S/C29H28ClN5O/c1-34(2)15-4-3-7-28(36)23-10-9-22(17-24(23)30)26-12-13-27-29(33-26)35(19-32-27)18-20-8-11-25-21(16-20)6-5-14-31-25/h5-6,8-14,16-17,19H,3-4,7,15,18H2,1-2H3. The lowest BCUT2D eigenvalue weighted by atomic mass is 10.0. The van der Waals surface area contributed by atoms with Crippen molar-refractivity contribution in [3.05, 3.63) is 89.3 Å². The third-order valence-corrected chi connectivity index (χ3v) is 6.62. The third-order valence-electron chi connectivity index (χ3n) is 6.31. The number of Topliss-reactive ketones (excluding diaryl/α,β-unsaturated/α-hetero) is 1. The second-order valence-electron chi connectivity index (χ2n) is 9.32. The number of hydrogen-bond acceptors (Lipinski definition) is 5. The van der Waals surface area contributed by atoms with Gasteiger partial charge in [0.05, 0.1) is 29.1 Å². The van der Waals surface area contributed by atoms with Crippen LogP contribution in [-0.2, 0) is 6.54 Å². The molecule has 0 fully saturated rings. The Morgan fingerprint density at radius 3 is 2.67 bits per heavy atom. The molecule has 0 bridgehead atoms. The predicted molar refractivity (Wildman–Crippen MR) is 146 cm³/mol. The van der Waals surface area contributed by atoms with Crippen LogP contribution in [0.25, 0.3) is 33.3 Å². The first kappa shape index (κ1) is 24.1. The highest BCUT2D eigenvalue weighted by Crippen LogP contribution is 2.27. The molecule has 0 saturated heterocycles. The van der Waals surface area contributed by atoms with Gasteiger partial charge in [0.25, 0.3) is 0 Å². The Morgan fingerprint density at radius 1 is 0.972 bits per heavy atom. The molecule has 3 aromatic heterocycles. The van der Waals surface area contributed by atoms with Gasteiger partial charge in [0, 0.05) is 29.1 Å². The molecule has 0 aliphatic rings. The number of carbonyl (C=O) groups is 1. The number of aromatic nitrogens is 4. The summed E-state index contributed by atoms with van der Waals surface area (Å²) in [5, 5.41) is 1.57. The van der Waals surface area contributed by atoms with Gasteiger partial charge >= 0.3 is 0 Å². The van der Waals surface area contributed by atoms with Crippen molar-refractivity contribution >= 4 is 39.5 Å². The van der Waals surface area contributed by atoms with E-state index >= 15 is 0 Å². The van der Waals surface area contributed by atoms with Crippen LogP contribution in [0.15, 0.2) is 73.2 Å². The molecule has 0 saturated carbocycles. The minimum Gasteiger partial charge on any atom is -0.311 e. The summed E-state index contributed by atoms with van der Waals surface area (Å²) in [6.45, 7) is 1.63. The minimum atomic E-state index is 0.0809. The zero-order valence-corrected chi connectivity index (χ0v) is 21.2. The largest absolute Gasteiger partial charge is 0.311 e. The van der Waals surface area contributed by atoms with Crippen molar-refractivity contribution in [1.82, 2.24) is 24.4 Å².